The number of aromatic nitrogens is 3. The Kier molecular flexibility index (Phi) is 6.01. The molecule has 20 heavy (non-hydrogen) atoms. The largest absolute Gasteiger partial charge is 0.491 e. The van der Waals surface area contributed by atoms with Crippen molar-refractivity contribution in [3.8, 4) is 5.75 Å². The van der Waals surface area contributed by atoms with E-state index in [1.165, 1.54) is 0 Å². The molecule has 6 nitrogen and oxygen atoms in total. The number of aliphatic hydroxyl groups is 1. The highest BCUT2D eigenvalue weighted by Gasteiger charge is 2.04. The molecule has 1 heterocycles. The van der Waals surface area contributed by atoms with Crippen LogP contribution >= 0.6 is 0 Å². The fourth-order valence-electron chi connectivity index (χ4n) is 1.75. The summed E-state index contributed by atoms with van der Waals surface area (Å²) >= 11 is 0. The molecule has 0 saturated heterocycles. The predicted molar refractivity (Wildman–Crippen MR) is 75.5 cm³/mol. The highest BCUT2D eigenvalue weighted by atomic mass is 16.5. The number of hydrogen-bond donors (Lipinski definition) is 2. The lowest BCUT2D eigenvalue weighted by atomic mass is 10.3. The van der Waals surface area contributed by atoms with Crippen LogP contribution in [0.25, 0.3) is 0 Å². The Morgan fingerprint density at radius 3 is 2.90 bits per heavy atom. The van der Waals surface area contributed by atoms with Crippen LogP contribution in [0.5, 0.6) is 5.75 Å². The van der Waals surface area contributed by atoms with Crippen molar-refractivity contribution in [2.24, 2.45) is 0 Å². The molecule has 0 amide bonds. The first kappa shape index (κ1) is 14.5. The molecule has 0 aliphatic rings. The molecule has 0 aliphatic carbocycles. The van der Waals surface area contributed by atoms with E-state index in [2.05, 4.69) is 15.6 Å². The van der Waals surface area contributed by atoms with Crippen LogP contribution < -0.4 is 10.1 Å². The van der Waals surface area contributed by atoms with Crippen LogP contribution in [-0.4, -0.2) is 45.9 Å². The molecule has 2 N–H and O–H groups in total. The van der Waals surface area contributed by atoms with Gasteiger partial charge < -0.3 is 15.2 Å². The van der Waals surface area contributed by atoms with Gasteiger partial charge in [0.05, 0.1) is 6.20 Å². The van der Waals surface area contributed by atoms with Gasteiger partial charge in [0.2, 0.25) is 0 Å². The van der Waals surface area contributed by atoms with Crippen LogP contribution in [0, 0.1) is 0 Å². The number of rotatable bonds is 9. The topological polar surface area (TPSA) is 72.2 Å². The van der Waals surface area contributed by atoms with Crippen molar-refractivity contribution in [2.75, 3.05) is 19.7 Å². The summed E-state index contributed by atoms with van der Waals surface area (Å²) in [5, 5.41) is 20.6. The third kappa shape index (κ3) is 5.38. The van der Waals surface area contributed by atoms with Gasteiger partial charge in [-0.05, 0) is 25.1 Å². The molecule has 1 atom stereocenters. The molecule has 0 fully saturated rings. The Morgan fingerprint density at radius 2 is 2.15 bits per heavy atom. The van der Waals surface area contributed by atoms with Gasteiger partial charge in [-0.2, -0.15) is 0 Å². The molecule has 0 saturated carbocycles. The molecule has 6 heteroatoms. The second-order valence-corrected chi connectivity index (χ2v) is 4.50. The number of hydrogen-bond acceptors (Lipinski definition) is 5. The van der Waals surface area contributed by atoms with E-state index in [1.807, 2.05) is 36.5 Å². The van der Waals surface area contributed by atoms with Gasteiger partial charge in [0, 0.05) is 19.3 Å². The summed E-state index contributed by atoms with van der Waals surface area (Å²) in [6, 6.07) is 9.49. The zero-order valence-electron chi connectivity index (χ0n) is 11.4. The molecule has 0 aliphatic heterocycles. The third-order valence-corrected chi connectivity index (χ3v) is 2.78. The van der Waals surface area contributed by atoms with Crippen LogP contribution in [0.2, 0.25) is 0 Å². The molecule has 1 aromatic heterocycles. The first-order chi connectivity index (χ1) is 9.84. The molecule has 1 unspecified atom stereocenters. The van der Waals surface area contributed by atoms with E-state index in [0.717, 1.165) is 25.3 Å². The Bertz CT molecular complexity index is 461. The Labute approximate surface area is 118 Å². The molecular weight excluding hydrogens is 256 g/mol. The van der Waals surface area contributed by atoms with Crippen LogP contribution in [-0.2, 0) is 6.54 Å². The Balaban J connectivity index is 1.51. The molecule has 2 aromatic rings. The number of nitrogens with one attached hydrogen (secondary N) is 1. The summed E-state index contributed by atoms with van der Waals surface area (Å²) in [5.74, 6) is 0.776. The zero-order chi connectivity index (χ0) is 14.0. The van der Waals surface area contributed by atoms with Gasteiger partial charge in [0.25, 0.3) is 0 Å². The van der Waals surface area contributed by atoms with Crippen LogP contribution in [0.1, 0.15) is 6.42 Å². The number of aliphatic hydroxyl groups excluding tert-OH is 1. The van der Waals surface area contributed by atoms with E-state index in [9.17, 15) is 5.11 Å². The summed E-state index contributed by atoms with van der Waals surface area (Å²) < 4.78 is 7.26. The SMILES string of the molecule is OC(CNCCCn1ccnn1)COc1ccccc1. The minimum absolute atomic E-state index is 0.292. The maximum absolute atomic E-state index is 9.78. The highest BCUT2D eigenvalue weighted by Crippen LogP contribution is 2.08. The van der Waals surface area contributed by atoms with Gasteiger partial charge in [-0.15, -0.1) is 5.10 Å². The van der Waals surface area contributed by atoms with Crippen LogP contribution in [0.3, 0.4) is 0 Å². The van der Waals surface area contributed by atoms with Crippen molar-refractivity contribution in [3.63, 3.8) is 0 Å². The second-order valence-electron chi connectivity index (χ2n) is 4.50. The summed E-state index contributed by atoms with van der Waals surface area (Å²) in [7, 11) is 0. The van der Waals surface area contributed by atoms with Gasteiger partial charge in [0.1, 0.15) is 18.5 Å². The lowest BCUT2D eigenvalue weighted by molar-refractivity contribution is 0.106. The number of ether oxygens (including phenoxy) is 1. The molecule has 0 radical (unpaired) electrons. The highest BCUT2D eigenvalue weighted by molar-refractivity contribution is 5.20. The van der Waals surface area contributed by atoms with Crippen molar-refractivity contribution in [3.05, 3.63) is 42.7 Å². The molecule has 1 aromatic carbocycles. The third-order valence-electron chi connectivity index (χ3n) is 2.78. The van der Waals surface area contributed by atoms with Gasteiger partial charge >= 0.3 is 0 Å². The minimum atomic E-state index is -0.512. The monoisotopic (exact) mass is 276 g/mol. The molecule has 0 bridgehead atoms. The minimum Gasteiger partial charge on any atom is -0.491 e. The Hall–Kier alpha value is -1.92. The second kappa shape index (κ2) is 8.29. The summed E-state index contributed by atoms with van der Waals surface area (Å²) in [4.78, 5) is 0. The number of para-hydroxylation sites is 1. The van der Waals surface area contributed by atoms with Gasteiger partial charge in [-0.25, -0.2) is 0 Å². The van der Waals surface area contributed by atoms with Crippen molar-refractivity contribution < 1.29 is 9.84 Å². The standard InChI is InChI=1S/C14H20N4O2/c19-13(12-20-14-5-2-1-3-6-14)11-15-7-4-9-18-10-8-16-17-18/h1-3,5-6,8,10,13,15,19H,4,7,9,11-12H2. The van der Waals surface area contributed by atoms with Crippen molar-refractivity contribution in [2.45, 2.75) is 19.1 Å². The van der Waals surface area contributed by atoms with Crippen LogP contribution in [0.15, 0.2) is 42.7 Å². The summed E-state index contributed by atoms with van der Waals surface area (Å²) in [6.07, 6.45) is 3.93. The van der Waals surface area contributed by atoms with Crippen molar-refractivity contribution >= 4 is 0 Å². The smallest absolute Gasteiger partial charge is 0.119 e. The zero-order valence-corrected chi connectivity index (χ0v) is 11.4. The first-order valence-corrected chi connectivity index (χ1v) is 6.75. The summed E-state index contributed by atoms with van der Waals surface area (Å²) in [6.45, 7) is 2.45. The normalized spacial score (nSPS) is 12.2. The molecule has 2 rings (SSSR count). The predicted octanol–water partition coefficient (Wildman–Crippen LogP) is 0.698. The molecular formula is C14H20N4O2. The maximum atomic E-state index is 9.78. The number of aryl methyl sites for hydroxylation is 1. The molecule has 0 spiro atoms. The first-order valence-electron chi connectivity index (χ1n) is 6.75. The quantitative estimate of drug-likeness (QED) is 0.660. The van der Waals surface area contributed by atoms with Gasteiger partial charge in [-0.3, -0.25) is 4.68 Å². The van der Waals surface area contributed by atoms with E-state index >= 15 is 0 Å². The summed E-state index contributed by atoms with van der Waals surface area (Å²) in [5.41, 5.74) is 0. The number of nitrogens with zero attached hydrogens (tertiary/aromatic N) is 3. The molecule has 108 valence electrons. The van der Waals surface area contributed by atoms with Crippen LogP contribution in [0.4, 0.5) is 0 Å². The fourth-order valence-corrected chi connectivity index (χ4v) is 1.75. The maximum Gasteiger partial charge on any atom is 0.119 e. The number of benzene rings is 1. The van der Waals surface area contributed by atoms with E-state index in [4.69, 9.17) is 4.74 Å². The lowest BCUT2D eigenvalue weighted by Gasteiger charge is -2.13. The Morgan fingerprint density at radius 1 is 1.30 bits per heavy atom. The van der Waals surface area contributed by atoms with E-state index < -0.39 is 6.10 Å². The fraction of sp³-hybridized carbons (Fsp3) is 0.429. The lowest BCUT2D eigenvalue weighted by Crippen LogP contribution is -2.32. The van der Waals surface area contributed by atoms with Gasteiger partial charge in [0.15, 0.2) is 0 Å². The van der Waals surface area contributed by atoms with Gasteiger partial charge in [-0.1, -0.05) is 23.4 Å². The average molecular weight is 276 g/mol. The van der Waals surface area contributed by atoms with E-state index in [0.29, 0.717) is 13.2 Å². The van der Waals surface area contributed by atoms with Crippen molar-refractivity contribution in [1.82, 2.24) is 20.3 Å². The van der Waals surface area contributed by atoms with Crippen molar-refractivity contribution in [1.29, 1.82) is 0 Å². The van der Waals surface area contributed by atoms with E-state index in [-0.39, 0.29) is 0 Å². The average Bonchev–Trinajstić information content (AvgIpc) is 2.99. The van der Waals surface area contributed by atoms with E-state index in [1.54, 1.807) is 10.9 Å².